The summed E-state index contributed by atoms with van der Waals surface area (Å²) in [6.45, 7) is 0. The second kappa shape index (κ2) is 6.74. The molecule has 1 aromatic carbocycles. The van der Waals surface area contributed by atoms with Crippen LogP contribution in [-0.2, 0) is 0 Å². The van der Waals surface area contributed by atoms with E-state index in [9.17, 15) is 19.3 Å². The first-order chi connectivity index (χ1) is 13.4. The van der Waals surface area contributed by atoms with E-state index >= 15 is 0 Å². The first kappa shape index (κ1) is 17.6. The van der Waals surface area contributed by atoms with Gasteiger partial charge in [-0.1, -0.05) is 11.6 Å². The summed E-state index contributed by atoms with van der Waals surface area (Å²) < 4.78 is 19.8. The maximum Gasteiger partial charge on any atom is 0.361 e. The largest absolute Gasteiger partial charge is 0.457 e. The lowest BCUT2D eigenvalue weighted by Gasteiger charge is -1.99. The summed E-state index contributed by atoms with van der Waals surface area (Å²) in [6, 6.07) is 7.38. The number of hydrogen-bond donors (Lipinski definition) is 1. The lowest BCUT2D eigenvalue weighted by molar-refractivity contribution is -0.386. The Bertz CT molecular complexity index is 1310. The first-order valence-electron chi connectivity index (χ1n) is 7.78. The Morgan fingerprint density at radius 1 is 1.29 bits per heavy atom. The summed E-state index contributed by atoms with van der Waals surface area (Å²) in [4.78, 5) is 30.5. The van der Waals surface area contributed by atoms with Gasteiger partial charge in [0.15, 0.2) is 5.69 Å². The molecule has 0 bridgehead atoms. The third-order valence-corrected chi connectivity index (χ3v) is 4.14. The molecule has 0 aliphatic rings. The third kappa shape index (κ3) is 3.05. The number of aromatic nitrogens is 4. The van der Waals surface area contributed by atoms with Gasteiger partial charge in [0.2, 0.25) is 0 Å². The number of fused-ring (bicyclic) bond motifs is 1. The fourth-order valence-corrected chi connectivity index (χ4v) is 2.74. The first-order valence-corrected chi connectivity index (χ1v) is 8.15. The maximum atomic E-state index is 13.3. The predicted molar refractivity (Wildman–Crippen MR) is 98.3 cm³/mol. The summed E-state index contributed by atoms with van der Waals surface area (Å²) >= 11 is 5.77. The van der Waals surface area contributed by atoms with Gasteiger partial charge in [0.05, 0.1) is 9.95 Å². The Balaban J connectivity index is 1.71. The van der Waals surface area contributed by atoms with Gasteiger partial charge in [-0.25, -0.2) is 14.4 Å². The number of benzene rings is 1. The topological polar surface area (TPSA) is 119 Å². The molecule has 4 rings (SSSR count). The van der Waals surface area contributed by atoms with E-state index in [1.54, 1.807) is 12.1 Å². The fourth-order valence-electron chi connectivity index (χ4n) is 2.56. The van der Waals surface area contributed by atoms with E-state index in [0.29, 0.717) is 17.1 Å². The van der Waals surface area contributed by atoms with Gasteiger partial charge in [-0.05, 0) is 42.5 Å². The molecule has 3 heterocycles. The highest BCUT2D eigenvalue weighted by atomic mass is 35.5. The van der Waals surface area contributed by atoms with Crippen molar-refractivity contribution in [3.05, 3.63) is 79.4 Å². The molecule has 0 amide bonds. The Labute approximate surface area is 159 Å². The van der Waals surface area contributed by atoms with Gasteiger partial charge in [0.25, 0.3) is 5.78 Å². The smallest absolute Gasteiger partial charge is 0.361 e. The number of hydrogen-bond acceptors (Lipinski definition) is 6. The van der Waals surface area contributed by atoms with Gasteiger partial charge in [-0.3, -0.25) is 20.0 Å². The number of aromatic amines is 1. The summed E-state index contributed by atoms with van der Waals surface area (Å²) in [6.07, 6.45) is 3.91. The molecule has 0 spiro atoms. The van der Waals surface area contributed by atoms with E-state index in [0.717, 1.165) is 4.52 Å². The molecule has 0 saturated heterocycles. The fraction of sp³-hybridized carbons (Fsp3) is 0. The standard InChI is InChI=1S/C17H9ClFN5O4/c18-11-7-9(1-4-12(11)19)14-6-3-10(28-14)2-5-13-15(24(26)27)16(25)23-17(22-13)20-8-21-23/h1-8H,(H,20,21,22)/b5-2+. The zero-order valence-corrected chi connectivity index (χ0v) is 14.6. The number of H-pyrrole nitrogens is 1. The molecule has 28 heavy (non-hydrogen) atoms. The molecular weight excluding hydrogens is 393 g/mol. The van der Waals surface area contributed by atoms with Gasteiger partial charge in [0.1, 0.15) is 23.7 Å². The normalized spacial score (nSPS) is 11.5. The Kier molecular flexibility index (Phi) is 4.24. The van der Waals surface area contributed by atoms with Crippen LogP contribution in [0.1, 0.15) is 11.5 Å². The third-order valence-electron chi connectivity index (χ3n) is 3.85. The number of nitro groups is 1. The minimum absolute atomic E-state index is 0.00339. The van der Waals surface area contributed by atoms with Crippen molar-refractivity contribution in [2.24, 2.45) is 0 Å². The number of halogens is 2. The van der Waals surface area contributed by atoms with Crippen LogP contribution in [0.5, 0.6) is 0 Å². The van der Waals surface area contributed by atoms with Gasteiger partial charge >= 0.3 is 11.2 Å². The maximum absolute atomic E-state index is 13.3. The van der Waals surface area contributed by atoms with Crippen LogP contribution >= 0.6 is 11.6 Å². The van der Waals surface area contributed by atoms with Crippen molar-refractivity contribution in [3.8, 4) is 11.3 Å². The molecule has 0 saturated carbocycles. The van der Waals surface area contributed by atoms with Crippen molar-refractivity contribution in [3.63, 3.8) is 0 Å². The highest BCUT2D eigenvalue weighted by molar-refractivity contribution is 6.31. The minimum Gasteiger partial charge on any atom is -0.457 e. The van der Waals surface area contributed by atoms with Crippen molar-refractivity contribution in [2.75, 3.05) is 0 Å². The van der Waals surface area contributed by atoms with Crippen LogP contribution in [0.15, 0.2) is 45.9 Å². The van der Waals surface area contributed by atoms with E-state index in [4.69, 9.17) is 16.0 Å². The number of nitrogens with one attached hydrogen (secondary N) is 1. The van der Waals surface area contributed by atoms with Gasteiger partial charge in [0, 0.05) is 5.56 Å². The molecule has 0 fully saturated rings. The lowest BCUT2D eigenvalue weighted by atomic mass is 10.2. The highest BCUT2D eigenvalue weighted by Crippen LogP contribution is 2.27. The molecule has 9 nitrogen and oxygen atoms in total. The highest BCUT2D eigenvalue weighted by Gasteiger charge is 2.22. The Morgan fingerprint density at radius 2 is 2.11 bits per heavy atom. The average Bonchev–Trinajstić information content (AvgIpc) is 3.31. The zero-order chi connectivity index (χ0) is 19.8. The summed E-state index contributed by atoms with van der Waals surface area (Å²) in [5.74, 6) is 0.215. The molecule has 1 N–H and O–H groups in total. The van der Waals surface area contributed by atoms with Gasteiger partial charge in [-0.2, -0.15) is 4.52 Å². The summed E-state index contributed by atoms with van der Waals surface area (Å²) in [7, 11) is 0. The molecule has 0 unspecified atom stereocenters. The van der Waals surface area contributed by atoms with Gasteiger partial charge < -0.3 is 4.42 Å². The van der Waals surface area contributed by atoms with Crippen LogP contribution < -0.4 is 5.56 Å². The van der Waals surface area contributed by atoms with Crippen LogP contribution in [0.4, 0.5) is 10.1 Å². The van der Waals surface area contributed by atoms with Crippen LogP contribution in [0, 0.1) is 15.9 Å². The van der Waals surface area contributed by atoms with E-state index in [1.807, 2.05) is 0 Å². The molecule has 0 radical (unpaired) electrons. The molecule has 11 heteroatoms. The molecule has 0 aliphatic carbocycles. The van der Waals surface area contributed by atoms with Crippen molar-refractivity contribution >= 4 is 35.2 Å². The second-order valence-corrected chi connectivity index (χ2v) is 6.00. The van der Waals surface area contributed by atoms with E-state index in [2.05, 4.69) is 15.1 Å². The summed E-state index contributed by atoms with van der Waals surface area (Å²) in [5.41, 5.74) is -1.18. The van der Waals surface area contributed by atoms with E-state index in [-0.39, 0.29) is 16.5 Å². The Morgan fingerprint density at radius 3 is 2.86 bits per heavy atom. The molecule has 3 aromatic heterocycles. The van der Waals surface area contributed by atoms with Crippen molar-refractivity contribution in [1.82, 2.24) is 19.6 Å². The average molecular weight is 402 g/mol. The number of rotatable bonds is 4. The Hall–Kier alpha value is -3.79. The quantitative estimate of drug-likeness (QED) is 0.412. The van der Waals surface area contributed by atoms with Gasteiger partial charge in [-0.15, -0.1) is 0 Å². The number of nitrogens with zero attached hydrogens (tertiary/aromatic N) is 4. The minimum atomic E-state index is -0.881. The van der Waals surface area contributed by atoms with E-state index < -0.39 is 22.0 Å². The molecule has 140 valence electrons. The molecule has 4 aromatic rings. The molecule has 0 atom stereocenters. The predicted octanol–water partition coefficient (Wildman–Crippen LogP) is 3.55. The SMILES string of the molecule is O=c1c([N+](=O)[O-])c(/C=C/c2ccc(-c3ccc(F)c(Cl)c3)o2)nc2nc[nH]n12. The molecule has 0 aliphatic heterocycles. The zero-order valence-electron chi connectivity index (χ0n) is 13.8. The van der Waals surface area contributed by atoms with E-state index in [1.165, 1.54) is 36.7 Å². The van der Waals surface area contributed by atoms with Crippen LogP contribution in [-0.4, -0.2) is 24.5 Å². The van der Waals surface area contributed by atoms with Crippen molar-refractivity contribution < 1.29 is 13.7 Å². The van der Waals surface area contributed by atoms with Crippen LogP contribution in [0.3, 0.4) is 0 Å². The monoisotopic (exact) mass is 401 g/mol. The number of furan rings is 1. The van der Waals surface area contributed by atoms with Crippen molar-refractivity contribution in [1.29, 1.82) is 0 Å². The second-order valence-electron chi connectivity index (χ2n) is 5.59. The summed E-state index contributed by atoms with van der Waals surface area (Å²) in [5, 5.41) is 13.7. The molecular formula is C17H9ClFN5O4. The van der Waals surface area contributed by atoms with Crippen molar-refractivity contribution in [2.45, 2.75) is 0 Å². The lowest BCUT2D eigenvalue weighted by Crippen LogP contribution is -2.20. The van der Waals surface area contributed by atoms with Crippen LogP contribution in [0.25, 0.3) is 29.3 Å². The van der Waals surface area contributed by atoms with Crippen LogP contribution in [0.2, 0.25) is 5.02 Å².